The number of hydrogen-bond donors (Lipinski definition) is 2. The summed E-state index contributed by atoms with van der Waals surface area (Å²) in [5.74, 6) is -0.204. The number of rotatable bonds is 50. The van der Waals surface area contributed by atoms with Crippen LogP contribution in [0.25, 0.3) is 0 Å². The molecular weight excluding hydrogens is 804 g/mol. The minimum atomic E-state index is -4.59. The van der Waals surface area contributed by atoms with Crippen LogP contribution in [0.1, 0.15) is 264 Å². The van der Waals surface area contributed by atoms with E-state index in [2.05, 4.69) is 31.3 Å². The molecule has 3 unspecified atom stereocenters. The Labute approximate surface area is 392 Å². The average molecular weight is 911 g/mol. The van der Waals surface area contributed by atoms with E-state index < -0.39 is 20.0 Å². The molecule has 0 fully saturated rings. The number of carbonyl (C=O) groups excluding carboxylic acids is 1. The van der Waals surface area contributed by atoms with E-state index in [9.17, 15) is 19.4 Å². The summed E-state index contributed by atoms with van der Waals surface area (Å²) in [7, 11) is 1.26. The fourth-order valence-corrected chi connectivity index (χ4v) is 8.81. The lowest BCUT2D eigenvalue weighted by Crippen LogP contribution is -2.45. The van der Waals surface area contributed by atoms with Crippen molar-refractivity contribution in [3.05, 3.63) is 24.3 Å². The number of aliphatic hydroxyl groups is 1. The smallest absolute Gasteiger partial charge is 0.268 e. The molecule has 374 valence electrons. The van der Waals surface area contributed by atoms with E-state index in [0.29, 0.717) is 17.4 Å². The minimum Gasteiger partial charge on any atom is -0.756 e. The standard InChI is InChI=1S/C54H107N2O6P/c1-6-8-10-12-14-16-18-20-22-23-24-25-26-27-28-29-30-31-32-33-34-35-37-39-41-43-45-47-53(57)52(51-62-63(59,60)61-50-49-56(3,4)5)55-54(58)48-46-44-42-40-38-36-21-19-17-15-13-11-9-7-2/h19,21,45,47,52-53,57H,6-18,20,22-44,46,48-51H2,1-5H3,(H-,55,58,59,60)/b21-19-,47-45+. The van der Waals surface area contributed by atoms with Gasteiger partial charge in [0.05, 0.1) is 39.9 Å². The number of likely N-dealkylation sites (N-methyl/N-ethyl adjacent to an activating group) is 1. The van der Waals surface area contributed by atoms with Crippen molar-refractivity contribution in [3.8, 4) is 0 Å². The number of quaternary nitrogens is 1. The average Bonchev–Trinajstić information content (AvgIpc) is 3.24. The maximum Gasteiger partial charge on any atom is 0.268 e. The zero-order valence-electron chi connectivity index (χ0n) is 42.5. The van der Waals surface area contributed by atoms with Gasteiger partial charge in [-0.2, -0.15) is 0 Å². The first-order valence-corrected chi connectivity index (χ1v) is 28.7. The quantitative estimate of drug-likeness (QED) is 0.0272. The Morgan fingerprint density at radius 2 is 0.873 bits per heavy atom. The van der Waals surface area contributed by atoms with Gasteiger partial charge in [-0.05, 0) is 44.9 Å². The topological polar surface area (TPSA) is 108 Å². The van der Waals surface area contributed by atoms with Crippen molar-refractivity contribution in [1.82, 2.24) is 5.32 Å². The summed E-state index contributed by atoms with van der Waals surface area (Å²) in [5.41, 5.74) is 0. The van der Waals surface area contributed by atoms with Crippen molar-refractivity contribution in [2.75, 3.05) is 40.9 Å². The number of nitrogens with one attached hydrogen (secondary N) is 1. The molecule has 0 rings (SSSR count). The second-order valence-corrected chi connectivity index (χ2v) is 21.3. The summed E-state index contributed by atoms with van der Waals surface area (Å²) in [5, 5.41) is 13.8. The highest BCUT2D eigenvalue weighted by molar-refractivity contribution is 7.45. The van der Waals surface area contributed by atoms with Crippen LogP contribution in [0.15, 0.2) is 24.3 Å². The van der Waals surface area contributed by atoms with E-state index >= 15 is 0 Å². The SMILES string of the molecule is CCCCCCC/C=C\CCCCCCCC(=O)NC(COP(=O)([O-])OCC[N+](C)(C)C)C(O)/C=C/CCCCCCCCCCCCCCCCCCCCCCCCCCC. The molecule has 63 heavy (non-hydrogen) atoms. The highest BCUT2D eigenvalue weighted by Crippen LogP contribution is 2.38. The lowest BCUT2D eigenvalue weighted by molar-refractivity contribution is -0.870. The van der Waals surface area contributed by atoms with Crippen LogP contribution >= 0.6 is 7.82 Å². The van der Waals surface area contributed by atoms with Crippen molar-refractivity contribution in [3.63, 3.8) is 0 Å². The lowest BCUT2D eigenvalue weighted by atomic mass is 10.0. The second kappa shape index (κ2) is 46.1. The maximum atomic E-state index is 12.9. The van der Waals surface area contributed by atoms with Crippen LogP contribution in [0.2, 0.25) is 0 Å². The van der Waals surface area contributed by atoms with Crippen molar-refractivity contribution in [2.24, 2.45) is 0 Å². The molecule has 0 saturated heterocycles. The summed E-state index contributed by atoms with van der Waals surface area (Å²) in [4.78, 5) is 25.4. The monoisotopic (exact) mass is 911 g/mol. The molecule has 0 aromatic rings. The Bertz CT molecular complexity index is 1080. The third-order valence-corrected chi connectivity index (χ3v) is 13.4. The molecule has 1 amide bonds. The Kier molecular flexibility index (Phi) is 45.4. The third kappa shape index (κ3) is 48.7. The first kappa shape index (κ1) is 62.0. The number of allylic oxidation sites excluding steroid dienone is 3. The fraction of sp³-hybridized carbons (Fsp3) is 0.907. The Hall–Kier alpha value is -1.02. The normalized spacial score (nSPS) is 14.2. The van der Waals surface area contributed by atoms with Crippen LogP contribution in [0.5, 0.6) is 0 Å². The van der Waals surface area contributed by atoms with Gasteiger partial charge >= 0.3 is 0 Å². The van der Waals surface area contributed by atoms with Gasteiger partial charge in [-0.1, -0.05) is 237 Å². The summed E-state index contributed by atoms with van der Waals surface area (Å²) >= 11 is 0. The van der Waals surface area contributed by atoms with E-state index in [-0.39, 0.29) is 19.1 Å². The predicted molar refractivity (Wildman–Crippen MR) is 270 cm³/mol. The molecule has 0 radical (unpaired) electrons. The molecule has 0 saturated carbocycles. The van der Waals surface area contributed by atoms with Gasteiger partial charge in [0.2, 0.25) is 5.91 Å². The number of aliphatic hydroxyl groups excluding tert-OH is 1. The van der Waals surface area contributed by atoms with Gasteiger partial charge in [-0.3, -0.25) is 9.36 Å². The van der Waals surface area contributed by atoms with Crippen LogP contribution < -0.4 is 10.2 Å². The molecule has 0 aromatic carbocycles. The molecule has 0 spiro atoms. The molecule has 0 aliphatic carbocycles. The molecule has 8 nitrogen and oxygen atoms in total. The Morgan fingerprint density at radius 3 is 1.24 bits per heavy atom. The number of amides is 1. The van der Waals surface area contributed by atoms with Gasteiger partial charge in [0.25, 0.3) is 7.82 Å². The van der Waals surface area contributed by atoms with Crippen LogP contribution in [-0.4, -0.2) is 68.5 Å². The molecule has 0 aromatic heterocycles. The number of phosphoric ester groups is 1. The maximum absolute atomic E-state index is 12.9. The number of nitrogens with zero attached hydrogens (tertiary/aromatic N) is 1. The first-order chi connectivity index (χ1) is 30.5. The van der Waals surface area contributed by atoms with Crippen molar-refractivity contribution >= 4 is 13.7 Å². The van der Waals surface area contributed by atoms with Crippen LogP contribution in [-0.2, 0) is 18.4 Å². The number of hydrogen-bond acceptors (Lipinski definition) is 6. The first-order valence-electron chi connectivity index (χ1n) is 27.2. The molecule has 0 aliphatic heterocycles. The summed E-state index contributed by atoms with van der Waals surface area (Å²) in [6, 6.07) is -0.888. The number of unbranched alkanes of at least 4 members (excludes halogenated alkanes) is 35. The van der Waals surface area contributed by atoms with Crippen LogP contribution in [0.3, 0.4) is 0 Å². The number of carbonyl (C=O) groups is 1. The number of phosphoric acid groups is 1. The lowest BCUT2D eigenvalue weighted by Gasteiger charge is -2.29. The van der Waals surface area contributed by atoms with Gasteiger partial charge in [-0.25, -0.2) is 0 Å². The highest BCUT2D eigenvalue weighted by Gasteiger charge is 2.23. The van der Waals surface area contributed by atoms with E-state index in [1.807, 2.05) is 27.2 Å². The van der Waals surface area contributed by atoms with E-state index in [0.717, 1.165) is 51.4 Å². The Balaban J connectivity index is 4.17. The second-order valence-electron chi connectivity index (χ2n) is 19.9. The molecular formula is C54H107N2O6P. The van der Waals surface area contributed by atoms with E-state index in [4.69, 9.17) is 9.05 Å². The van der Waals surface area contributed by atoms with Gasteiger partial charge < -0.3 is 28.8 Å². The van der Waals surface area contributed by atoms with Crippen molar-refractivity contribution < 1.29 is 32.9 Å². The van der Waals surface area contributed by atoms with Crippen molar-refractivity contribution in [1.29, 1.82) is 0 Å². The predicted octanol–water partition coefficient (Wildman–Crippen LogP) is 15.4. The molecule has 0 aliphatic rings. The summed E-state index contributed by atoms with van der Waals surface area (Å²) < 4.78 is 23.3. The molecule has 0 heterocycles. The highest BCUT2D eigenvalue weighted by atomic mass is 31.2. The zero-order valence-corrected chi connectivity index (χ0v) is 43.4. The minimum absolute atomic E-state index is 0.00121. The summed E-state index contributed by atoms with van der Waals surface area (Å²) in [6.45, 7) is 4.66. The van der Waals surface area contributed by atoms with Crippen molar-refractivity contribution in [2.45, 2.75) is 276 Å². The Morgan fingerprint density at radius 1 is 0.540 bits per heavy atom. The largest absolute Gasteiger partial charge is 0.756 e. The van der Waals surface area contributed by atoms with Gasteiger partial charge in [0.15, 0.2) is 0 Å². The molecule has 2 N–H and O–H groups in total. The molecule has 3 atom stereocenters. The van der Waals surface area contributed by atoms with E-state index in [1.54, 1.807) is 6.08 Å². The van der Waals surface area contributed by atoms with Crippen LogP contribution in [0.4, 0.5) is 0 Å². The molecule has 0 bridgehead atoms. The van der Waals surface area contributed by atoms with Crippen LogP contribution in [0, 0.1) is 0 Å². The summed E-state index contributed by atoms with van der Waals surface area (Å²) in [6.07, 6.45) is 56.8. The van der Waals surface area contributed by atoms with Gasteiger partial charge in [-0.15, -0.1) is 0 Å². The van der Waals surface area contributed by atoms with E-state index in [1.165, 1.54) is 193 Å². The van der Waals surface area contributed by atoms with Gasteiger partial charge in [0.1, 0.15) is 13.2 Å². The third-order valence-electron chi connectivity index (χ3n) is 12.4. The molecule has 9 heteroatoms. The van der Waals surface area contributed by atoms with Gasteiger partial charge in [0, 0.05) is 6.42 Å². The fourth-order valence-electron chi connectivity index (χ4n) is 8.09. The zero-order chi connectivity index (χ0) is 46.4.